The van der Waals surface area contributed by atoms with Crippen LogP contribution in [0.15, 0.2) is 42.5 Å². The van der Waals surface area contributed by atoms with E-state index in [-0.39, 0.29) is 5.82 Å². The smallest absolute Gasteiger partial charge is 0.129 e. The lowest BCUT2D eigenvalue weighted by molar-refractivity contribution is 0.0465. The molecule has 2 rings (SSSR count). The maximum atomic E-state index is 13.5. The number of aliphatic hydroxyl groups is 1. The molecule has 0 saturated carbocycles. The van der Waals surface area contributed by atoms with Gasteiger partial charge >= 0.3 is 0 Å². The van der Waals surface area contributed by atoms with Crippen LogP contribution in [0.25, 0.3) is 0 Å². The SMILES string of the molecule is Cc1ccc(C(O)C(C)Oc2ccc(C)c(F)c2)cc1. The predicted molar refractivity (Wildman–Crippen MR) is 77.4 cm³/mol. The molecule has 2 aromatic rings. The Morgan fingerprint density at radius 1 is 1.05 bits per heavy atom. The lowest BCUT2D eigenvalue weighted by Crippen LogP contribution is -2.21. The van der Waals surface area contributed by atoms with Crippen molar-refractivity contribution in [3.63, 3.8) is 0 Å². The van der Waals surface area contributed by atoms with E-state index in [2.05, 4.69) is 0 Å². The summed E-state index contributed by atoms with van der Waals surface area (Å²) in [6, 6.07) is 12.3. The van der Waals surface area contributed by atoms with Gasteiger partial charge in [0, 0.05) is 6.07 Å². The van der Waals surface area contributed by atoms with E-state index in [1.165, 1.54) is 6.07 Å². The Bertz CT molecular complexity index is 578. The quantitative estimate of drug-likeness (QED) is 0.915. The summed E-state index contributed by atoms with van der Waals surface area (Å²) >= 11 is 0. The molecule has 0 aromatic heterocycles. The third-order valence-corrected chi connectivity index (χ3v) is 3.33. The van der Waals surface area contributed by atoms with E-state index >= 15 is 0 Å². The second kappa shape index (κ2) is 6.06. The molecular weight excluding hydrogens is 255 g/mol. The van der Waals surface area contributed by atoms with Crippen molar-refractivity contribution in [2.24, 2.45) is 0 Å². The van der Waals surface area contributed by atoms with E-state index in [1.807, 2.05) is 31.2 Å². The van der Waals surface area contributed by atoms with Crippen LogP contribution in [0.5, 0.6) is 5.75 Å². The largest absolute Gasteiger partial charge is 0.488 e. The van der Waals surface area contributed by atoms with Crippen LogP contribution in [-0.4, -0.2) is 11.2 Å². The second-order valence-electron chi connectivity index (χ2n) is 5.09. The predicted octanol–water partition coefficient (Wildman–Crippen LogP) is 3.94. The Kier molecular flexibility index (Phi) is 4.40. The molecule has 0 bridgehead atoms. The molecular formula is C17H19FO2. The molecule has 106 valence electrons. The maximum absolute atomic E-state index is 13.5. The molecule has 0 fully saturated rings. The molecule has 0 aliphatic rings. The summed E-state index contributed by atoms with van der Waals surface area (Å²) in [4.78, 5) is 0. The molecule has 20 heavy (non-hydrogen) atoms. The second-order valence-corrected chi connectivity index (χ2v) is 5.09. The van der Waals surface area contributed by atoms with Gasteiger partial charge in [0.2, 0.25) is 0 Å². The third kappa shape index (κ3) is 3.36. The topological polar surface area (TPSA) is 29.5 Å². The average molecular weight is 274 g/mol. The molecule has 0 amide bonds. The van der Waals surface area contributed by atoms with Crippen molar-refractivity contribution in [2.75, 3.05) is 0 Å². The highest BCUT2D eigenvalue weighted by Gasteiger charge is 2.18. The van der Waals surface area contributed by atoms with Gasteiger partial charge in [0.1, 0.15) is 23.8 Å². The van der Waals surface area contributed by atoms with Crippen molar-refractivity contribution in [1.82, 2.24) is 0 Å². The summed E-state index contributed by atoms with van der Waals surface area (Å²) in [5, 5.41) is 10.2. The zero-order valence-corrected chi connectivity index (χ0v) is 11.9. The van der Waals surface area contributed by atoms with E-state index < -0.39 is 12.2 Å². The molecule has 0 spiro atoms. The third-order valence-electron chi connectivity index (χ3n) is 3.33. The van der Waals surface area contributed by atoms with Crippen molar-refractivity contribution in [3.8, 4) is 5.75 Å². The Morgan fingerprint density at radius 3 is 2.30 bits per heavy atom. The van der Waals surface area contributed by atoms with Crippen molar-refractivity contribution in [1.29, 1.82) is 0 Å². The number of aryl methyl sites for hydroxylation is 2. The van der Waals surface area contributed by atoms with Gasteiger partial charge in [-0.25, -0.2) is 4.39 Å². The minimum absolute atomic E-state index is 0.306. The summed E-state index contributed by atoms with van der Waals surface area (Å²) in [6.07, 6.45) is -1.21. The van der Waals surface area contributed by atoms with Gasteiger partial charge in [-0.3, -0.25) is 0 Å². The van der Waals surface area contributed by atoms with Crippen LogP contribution in [0.1, 0.15) is 29.7 Å². The normalized spacial score (nSPS) is 13.8. The summed E-state index contributed by atoms with van der Waals surface area (Å²) < 4.78 is 19.1. The zero-order chi connectivity index (χ0) is 14.7. The van der Waals surface area contributed by atoms with Crippen LogP contribution in [-0.2, 0) is 0 Å². The van der Waals surface area contributed by atoms with Crippen LogP contribution in [0.3, 0.4) is 0 Å². The van der Waals surface area contributed by atoms with Gasteiger partial charge in [0.15, 0.2) is 0 Å². The van der Waals surface area contributed by atoms with Crippen LogP contribution < -0.4 is 4.74 Å². The fourth-order valence-corrected chi connectivity index (χ4v) is 1.96. The highest BCUT2D eigenvalue weighted by Crippen LogP contribution is 2.23. The lowest BCUT2D eigenvalue weighted by Gasteiger charge is -2.21. The van der Waals surface area contributed by atoms with Crippen molar-refractivity contribution in [2.45, 2.75) is 33.0 Å². The molecule has 0 radical (unpaired) electrons. The molecule has 2 aromatic carbocycles. The fourth-order valence-electron chi connectivity index (χ4n) is 1.96. The van der Waals surface area contributed by atoms with Gasteiger partial charge in [0.25, 0.3) is 0 Å². The van der Waals surface area contributed by atoms with Gasteiger partial charge in [-0.1, -0.05) is 35.9 Å². The number of hydrogen-bond acceptors (Lipinski definition) is 2. The minimum atomic E-state index is -0.750. The first-order valence-corrected chi connectivity index (χ1v) is 6.65. The van der Waals surface area contributed by atoms with E-state index in [0.29, 0.717) is 11.3 Å². The molecule has 0 aliphatic heterocycles. The first kappa shape index (κ1) is 14.5. The molecule has 0 aliphatic carbocycles. The van der Waals surface area contributed by atoms with E-state index in [4.69, 9.17) is 4.74 Å². The first-order valence-electron chi connectivity index (χ1n) is 6.65. The molecule has 1 N–H and O–H groups in total. The van der Waals surface area contributed by atoms with Gasteiger partial charge in [-0.05, 0) is 38.0 Å². The van der Waals surface area contributed by atoms with E-state index in [9.17, 15) is 9.50 Å². The Balaban J connectivity index is 2.08. The molecule has 2 atom stereocenters. The summed E-state index contributed by atoms with van der Waals surface area (Å²) in [7, 11) is 0. The lowest BCUT2D eigenvalue weighted by atomic mass is 10.0. The number of ether oxygens (including phenoxy) is 1. The fraction of sp³-hybridized carbons (Fsp3) is 0.294. The number of aliphatic hydroxyl groups excluding tert-OH is 1. The number of benzene rings is 2. The van der Waals surface area contributed by atoms with Gasteiger partial charge in [-0.15, -0.1) is 0 Å². The summed E-state index contributed by atoms with van der Waals surface area (Å²) in [5.41, 5.74) is 2.50. The van der Waals surface area contributed by atoms with Crippen molar-refractivity contribution >= 4 is 0 Å². The molecule has 3 heteroatoms. The minimum Gasteiger partial charge on any atom is -0.488 e. The number of rotatable bonds is 4. The van der Waals surface area contributed by atoms with Gasteiger partial charge in [0.05, 0.1) is 0 Å². The Labute approximate surface area is 118 Å². The molecule has 2 unspecified atom stereocenters. The number of hydrogen-bond donors (Lipinski definition) is 1. The monoisotopic (exact) mass is 274 g/mol. The first-order chi connectivity index (χ1) is 9.47. The van der Waals surface area contributed by atoms with Crippen molar-refractivity contribution < 1.29 is 14.2 Å². The Hall–Kier alpha value is -1.87. The van der Waals surface area contributed by atoms with E-state index in [0.717, 1.165) is 11.1 Å². The Morgan fingerprint density at radius 2 is 1.70 bits per heavy atom. The van der Waals surface area contributed by atoms with E-state index in [1.54, 1.807) is 26.0 Å². The molecule has 0 saturated heterocycles. The summed E-state index contributed by atoms with van der Waals surface area (Å²) in [6.45, 7) is 5.46. The average Bonchev–Trinajstić information content (AvgIpc) is 2.43. The standard InChI is InChI=1S/C17H19FO2/c1-11-4-7-14(8-5-11)17(19)13(3)20-15-9-6-12(2)16(18)10-15/h4-10,13,17,19H,1-3H3. The van der Waals surface area contributed by atoms with Crippen molar-refractivity contribution in [3.05, 3.63) is 65.0 Å². The van der Waals surface area contributed by atoms with Gasteiger partial charge in [-0.2, -0.15) is 0 Å². The van der Waals surface area contributed by atoms with Crippen LogP contribution >= 0.6 is 0 Å². The highest BCUT2D eigenvalue weighted by molar-refractivity contribution is 5.29. The maximum Gasteiger partial charge on any atom is 0.129 e. The summed E-state index contributed by atoms with van der Waals surface area (Å²) in [5.74, 6) is 0.117. The van der Waals surface area contributed by atoms with Crippen LogP contribution in [0.4, 0.5) is 4.39 Å². The van der Waals surface area contributed by atoms with Gasteiger partial charge < -0.3 is 9.84 Å². The van der Waals surface area contributed by atoms with Crippen LogP contribution in [0, 0.1) is 19.7 Å². The highest BCUT2D eigenvalue weighted by atomic mass is 19.1. The molecule has 0 heterocycles. The molecule has 2 nitrogen and oxygen atoms in total. The van der Waals surface area contributed by atoms with Crippen LogP contribution in [0.2, 0.25) is 0 Å². The zero-order valence-electron chi connectivity index (χ0n) is 11.9. The number of halogens is 1.